The second-order valence-electron chi connectivity index (χ2n) is 6.38. The normalized spacial score (nSPS) is 18.3. The van der Waals surface area contributed by atoms with Crippen molar-refractivity contribution >= 4 is 5.91 Å². The Labute approximate surface area is 142 Å². The fourth-order valence-corrected chi connectivity index (χ4v) is 3.25. The Bertz CT molecular complexity index is 713. The summed E-state index contributed by atoms with van der Waals surface area (Å²) in [5.74, 6) is 1.37. The predicted octanol–water partition coefficient (Wildman–Crippen LogP) is 1.91. The van der Waals surface area contributed by atoms with Crippen LogP contribution < -0.4 is 5.32 Å². The number of nitrogens with zero attached hydrogens (tertiary/aromatic N) is 3. The maximum Gasteiger partial charge on any atom is 0.229 e. The first-order chi connectivity index (χ1) is 11.6. The molecule has 2 atom stereocenters. The summed E-state index contributed by atoms with van der Waals surface area (Å²) in [6, 6.07) is 8.54. The van der Waals surface area contributed by atoms with Crippen molar-refractivity contribution in [3.05, 3.63) is 47.1 Å². The molecule has 0 saturated carbocycles. The van der Waals surface area contributed by atoms with E-state index in [1.807, 2.05) is 24.1 Å². The van der Waals surface area contributed by atoms with E-state index in [-0.39, 0.29) is 11.9 Å². The van der Waals surface area contributed by atoms with Gasteiger partial charge in [-0.1, -0.05) is 29.4 Å². The van der Waals surface area contributed by atoms with Gasteiger partial charge in [0.1, 0.15) is 0 Å². The summed E-state index contributed by atoms with van der Waals surface area (Å²) >= 11 is 0. The number of carbonyl (C=O) groups excluding carboxylic acids is 1. The van der Waals surface area contributed by atoms with Gasteiger partial charge >= 0.3 is 0 Å². The van der Waals surface area contributed by atoms with Gasteiger partial charge in [0.05, 0.1) is 12.5 Å². The molecule has 1 aliphatic rings. The average Bonchev–Trinajstić information content (AvgIpc) is 3.01. The molecular formula is C18H24N4O2. The van der Waals surface area contributed by atoms with Crippen molar-refractivity contribution < 1.29 is 9.32 Å². The molecule has 1 aromatic heterocycles. The van der Waals surface area contributed by atoms with E-state index in [0.717, 1.165) is 19.4 Å². The van der Waals surface area contributed by atoms with Crippen LogP contribution in [-0.2, 0) is 24.1 Å². The highest BCUT2D eigenvalue weighted by Gasteiger charge is 2.30. The minimum Gasteiger partial charge on any atom is -0.339 e. The van der Waals surface area contributed by atoms with Crippen LogP contribution in [0.4, 0.5) is 0 Å². The minimum absolute atomic E-state index is 0.0394. The molecule has 0 aliphatic carbocycles. The highest BCUT2D eigenvalue weighted by atomic mass is 16.5. The summed E-state index contributed by atoms with van der Waals surface area (Å²) in [5, 5.41) is 7.23. The van der Waals surface area contributed by atoms with E-state index in [2.05, 4.69) is 34.5 Å². The van der Waals surface area contributed by atoms with Crippen molar-refractivity contribution in [1.82, 2.24) is 20.4 Å². The SMILES string of the molecule is CNC(C)Cc1noc(CC2c3ccccc3CCN2C(C)=O)n1. The molecule has 0 radical (unpaired) electrons. The Morgan fingerprint density at radius 3 is 3.00 bits per heavy atom. The zero-order valence-corrected chi connectivity index (χ0v) is 14.5. The number of aromatic nitrogens is 2. The van der Waals surface area contributed by atoms with Crippen LogP contribution in [0.5, 0.6) is 0 Å². The second-order valence-corrected chi connectivity index (χ2v) is 6.38. The molecule has 6 heteroatoms. The van der Waals surface area contributed by atoms with Gasteiger partial charge in [-0.2, -0.15) is 4.98 Å². The van der Waals surface area contributed by atoms with Gasteiger partial charge in [0.25, 0.3) is 0 Å². The summed E-state index contributed by atoms with van der Waals surface area (Å²) < 4.78 is 5.43. The molecule has 0 saturated heterocycles. The molecule has 1 aromatic carbocycles. The summed E-state index contributed by atoms with van der Waals surface area (Å²) in [6.07, 6.45) is 2.16. The molecule has 2 heterocycles. The Morgan fingerprint density at radius 1 is 1.46 bits per heavy atom. The zero-order valence-electron chi connectivity index (χ0n) is 14.5. The van der Waals surface area contributed by atoms with Gasteiger partial charge in [0.2, 0.25) is 11.8 Å². The van der Waals surface area contributed by atoms with Crippen molar-refractivity contribution in [2.45, 2.75) is 45.2 Å². The Morgan fingerprint density at radius 2 is 2.25 bits per heavy atom. The maximum absolute atomic E-state index is 12.0. The van der Waals surface area contributed by atoms with Crippen LogP contribution in [0.3, 0.4) is 0 Å². The molecule has 1 amide bonds. The molecule has 128 valence electrons. The highest BCUT2D eigenvalue weighted by Crippen LogP contribution is 2.32. The standard InChI is InChI=1S/C18H24N4O2/c1-12(19-3)10-17-20-18(24-21-17)11-16-15-7-5-4-6-14(15)8-9-22(16)13(2)23/h4-7,12,16,19H,8-11H2,1-3H3. The van der Waals surface area contributed by atoms with Gasteiger partial charge in [-0.15, -0.1) is 0 Å². The molecule has 3 rings (SSSR count). The fourth-order valence-electron chi connectivity index (χ4n) is 3.25. The summed E-state index contributed by atoms with van der Waals surface area (Å²) in [7, 11) is 1.91. The third-order valence-corrected chi connectivity index (χ3v) is 4.68. The van der Waals surface area contributed by atoms with Crippen molar-refractivity contribution in [3.8, 4) is 0 Å². The van der Waals surface area contributed by atoms with Crippen LogP contribution >= 0.6 is 0 Å². The topological polar surface area (TPSA) is 71.3 Å². The Balaban J connectivity index is 1.82. The van der Waals surface area contributed by atoms with E-state index < -0.39 is 0 Å². The maximum atomic E-state index is 12.0. The van der Waals surface area contributed by atoms with E-state index in [9.17, 15) is 4.79 Å². The summed E-state index contributed by atoms with van der Waals surface area (Å²) in [5.41, 5.74) is 2.48. The monoisotopic (exact) mass is 328 g/mol. The molecule has 1 aliphatic heterocycles. The van der Waals surface area contributed by atoms with Crippen LogP contribution in [0, 0.1) is 0 Å². The van der Waals surface area contributed by atoms with Crippen molar-refractivity contribution in [2.75, 3.05) is 13.6 Å². The smallest absolute Gasteiger partial charge is 0.229 e. The number of amides is 1. The summed E-state index contributed by atoms with van der Waals surface area (Å²) in [4.78, 5) is 18.5. The molecule has 2 unspecified atom stereocenters. The van der Waals surface area contributed by atoms with Gasteiger partial charge in [-0.05, 0) is 31.5 Å². The van der Waals surface area contributed by atoms with Crippen molar-refractivity contribution in [1.29, 1.82) is 0 Å². The number of likely N-dealkylation sites (N-methyl/N-ethyl adjacent to an activating group) is 1. The van der Waals surface area contributed by atoms with E-state index in [1.165, 1.54) is 11.1 Å². The van der Waals surface area contributed by atoms with Gasteiger partial charge in [-0.25, -0.2) is 0 Å². The Kier molecular flexibility index (Phi) is 4.94. The lowest BCUT2D eigenvalue weighted by Gasteiger charge is -2.36. The largest absolute Gasteiger partial charge is 0.339 e. The lowest BCUT2D eigenvalue weighted by molar-refractivity contribution is -0.131. The third-order valence-electron chi connectivity index (χ3n) is 4.68. The van der Waals surface area contributed by atoms with Gasteiger partial charge < -0.3 is 14.7 Å². The zero-order chi connectivity index (χ0) is 17.1. The van der Waals surface area contributed by atoms with E-state index in [1.54, 1.807) is 6.92 Å². The van der Waals surface area contributed by atoms with E-state index in [0.29, 0.717) is 24.2 Å². The molecule has 6 nitrogen and oxygen atoms in total. The highest BCUT2D eigenvalue weighted by molar-refractivity contribution is 5.74. The summed E-state index contributed by atoms with van der Waals surface area (Å²) in [6.45, 7) is 4.43. The first kappa shape index (κ1) is 16.6. The number of nitrogens with one attached hydrogen (secondary N) is 1. The molecule has 24 heavy (non-hydrogen) atoms. The van der Waals surface area contributed by atoms with Crippen molar-refractivity contribution in [3.63, 3.8) is 0 Å². The first-order valence-corrected chi connectivity index (χ1v) is 8.42. The lowest BCUT2D eigenvalue weighted by Crippen LogP contribution is -2.39. The van der Waals surface area contributed by atoms with Gasteiger partial charge in [-0.3, -0.25) is 4.79 Å². The van der Waals surface area contributed by atoms with Crippen LogP contribution in [0.2, 0.25) is 0 Å². The molecular weight excluding hydrogens is 304 g/mol. The molecule has 2 aromatic rings. The van der Waals surface area contributed by atoms with Crippen molar-refractivity contribution in [2.24, 2.45) is 0 Å². The number of hydrogen-bond donors (Lipinski definition) is 1. The van der Waals surface area contributed by atoms with E-state index >= 15 is 0 Å². The van der Waals surface area contributed by atoms with Crippen LogP contribution in [0.1, 0.15) is 42.7 Å². The Hall–Kier alpha value is -2.21. The molecule has 0 bridgehead atoms. The number of fused-ring (bicyclic) bond motifs is 1. The number of hydrogen-bond acceptors (Lipinski definition) is 5. The number of benzene rings is 1. The van der Waals surface area contributed by atoms with Gasteiger partial charge in [0.15, 0.2) is 5.82 Å². The van der Waals surface area contributed by atoms with Crippen LogP contribution in [0.25, 0.3) is 0 Å². The molecule has 1 N–H and O–H groups in total. The van der Waals surface area contributed by atoms with E-state index in [4.69, 9.17) is 4.52 Å². The first-order valence-electron chi connectivity index (χ1n) is 8.42. The predicted molar refractivity (Wildman–Crippen MR) is 90.5 cm³/mol. The number of rotatable bonds is 5. The average molecular weight is 328 g/mol. The minimum atomic E-state index is -0.0394. The van der Waals surface area contributed by atoms with Crippen LogP contribution in [-0.4, -0.2) is 40.6 Å². The molecule has 0 spiro atoms. The lowest BCUT2D eigenvalue weighted by atomic mass is 9.90. The number of carbonyl (C=O) groups is 1. The molecule has 0 fully saturated rings. The second kappa shape index (κ2) is 7.13. The quantitative estimate of drug-likeness (QED) is 0.908. The van der Waals surface area contributed by atoms with Crippen LogP contribution in [0.15, 0.2) is 28.8 Å². The van der Waals surface area contributed by atoms with Gasteiger partial charge in [0, 0.05) is 25.9 Å². The fraction of sp³-hybridized carbons (Fsp3) is 0.500. The third kappa shape index (κ3) is 3.48.